The minimum Gasteiger partial charge on any atom is -0.396 e. The van der Waals surface area contributed by atoms with Gasteiger partial charge in [-0.25, -0.2) is 0 Å². The summed E-state index contributed by atoms with van der Waals surface area (Å²) in [4.78, 5) is 11.9. The highest BCUT2D eigenvalue weighted by Gasteiger charge is 2.23. The number of amides is 1. The van der Waals surface area contributed by atoms with Gasteiger partial charge in [0.25, 0.3) is 0 Å². The van der Waals surface area contributed by atoms with Gasteiger partial charge in [0.1, 0.15) is 0 Å². The van der Waals surface area contributed by atoms with E-state index in [0.717, 1.165) is 12.8 Å². The van der Waals surface area contributed by atoms with Crippen LogP contribution in [-0.2, 0) is 4.79 Å². The van der Waals surface area contributed by atoms with Gasteiger partial charge in [-0.05, 0) is 40.5 Å². The van der Waals surface area contributed by atoms with Crippen molar-refractivity contribution in [3.8, 4) is 0 Å². The molecule has 2 unspecified atom stereocenters. The monoisotopic (exact) mass is 244 g/mol. The van der Waals surface area contributed by atoms with E-state index in [-0.39, 0.29) is 30.1 Å². The number of carbonyl (C=O) groups is 1. The van der Waals surface area contributed by atoms with Crippen LogP contribution in [0, 0.1) is 0 Å². The lowest BCUT2D eigenvalue weighted by Gasteiger charge is -2.29. The van der Waals surface area contributed by atoms with Gasteiger partial charge < -0.3 is 15.7 Å². The number of nitrogens with one attached hydrogen (secondary N) is 2. The fraction of sp³-hybridized carbons (Fsp3) is 0.923. The predicted molar refractivity (Wildman–Crippen MR) is 70.9 cm³/mol. The van der Waals surface area contributed by atoms with Gasteiger partial charge in [-0.3, -0.25) is 4.79 Å². The summed E-state index contributed by atoms with van der Waals surface area (Å²) >= 11 is 0. The van der Waals surface area contributed by atoms with E-state index in [1.54, 1.807) is 0 Å². The Balaban J connectivity index is 4.13. The van der Waals surface area contributed by atoms with Gasteiger partial charge in [-0.1, -0.05) is 13.3 Å². The molecule has 0 saturated heterocycles. The van der Waals surface area contributed by atoms with E-state index in [0.29, 0.717) is 6.42 Å². The summed E-state index contributed by atoms with van der Waals surface area (Å²) in [6, 6.07) is -0.0199. The number of hydrogen-bond donors (Lipinski definition) is 3. The van der Waals surface area contributed by atoms with E-state index in [1.165, 1.54) is 0 Å². The molecule has 3 N–H and O–H groups in total. The molecule has 0 saturated carbocycles. The average molecular weight is 244 g/mol. The second kappa shape index (κ2) is 7.67. The summed E-state index contributed by atoms with van der Waals surface area (Å²) in [5, 5.41) is 15.1. The third-order valence-electron chi connectivity index (χ3n) is 2.85. The first kappa shape index (κ1) is 16.4. The van der Waals surface area contributed by atoms with Gasteiger partial charge in [0.05, 0.1) is 6.04 Å². The van der Waals surface area contributed by atoms with E-state index in [1.807, 2.05) is 27.7 Å². The molecule has 0 spiro atoms. The third-order valence-corrected chi connectivity index (χ3v) is 2.85. The van der Waals surface area contributed by atoms with Crippen LogP contribution in [0.1, 0.15) is 53.9 Å². The van der Waals surface area contributed by atoms with Gasteiger partial charge in [0.2, 0.25) is 5.91 Å². The fourth-order valence-corrected chi connectivity index (χ4v) is 1.88. The van der Waals surface area contributed by atoms with Crippen LogP contribution >= 0.6 is 0 Å². The highest BCUT2D eigenvalue weighted by Crippen LogP contribution is 2.08. The van der Waals surface area contributed by atoms with Crippen molar-refractivity contribution in [2.45, 2.75) is 71.5 Å². The molecule has 0 bridgehead atoms. The smallest absolute Gasteiger partial charge is 0.237 e. The molecule has 102 valence electrons. The van der Waals surface area contributed by atoms with Gasteiger partial charge in [0, 0.05) is 18.2 Å². The van der Waals surface area contributed by atoms with Crippen molar-refractivity contribution in [3.05, 3.63) is 0 Å². The van der Waals surface area contributed by atoms with E-state index in [9.17, 15) is 4.79 Å². The molecule has 4 heteroatoms. The Hall–Kier alpha value is -0.610. The molecular formula is C13H28N2O2. The lowest BCUT2D eigenvalue weighted by atomic mass is 10.00. The van der Waals surface area contributed by atoms with E-state index in [2.05, 4.69) is 17.6 Å². The summed E-state index contributed by atoms with van der Waals surface area (Å²) in [5.41, 5.74) is -0.223. The zero-order chi connectivity index (χ0) is 13.5. The molecule has 2 atom stereocenters. The number of aliphatic hydroxyl groups is 1. The molecule has 0 aliphatic carbocycles. The number of hydrogen-bond acceptors (Lipinski definition) is 3. The number of aliphatic hydroxyl groups excluding tert-OH is 1. The van der Waals surface area contributed by atoms with Crippen molar-refractivity contribution in [2.24, 2.45) is 0 Å². The fourth-order valence-electron chi connectivity index (χ4n) is 1.88. The van der Waals surface area contributed by atoms with E-state index >= 15 is 0 Å². The molecular weight excluding hydrogens is 216 g/mol. The maximum Gasteiger partial charge on any atom is 0.237 e. The van der Waals surface area contributed by atoms with Gasteiger partial charge >= 0.3 is 0 Å². The predicted octanol–water partition coefficient (Wildman–Crippen LogP) is 1.43. The SMILES string of the molecule is CCCC(C)NC(=O)C(C)NC(C)(C)CCO. The van der Waals surface area contributed by atoms with Crippen LogP contribution in [-0.4, -0.2) is 35.2 Å². The summed E-state index contributed by atoms with van der Waals surface area (Å²) in [5.74, 6) is 0.0250. The third kappa shape index (κ3) is 7.34. The maximum atomic E-state index is 11.9. The topological polar surface area (TPSA) is 61.4 Å². The number of carbonyl (C=O) groups excluding carboxylic acids is 1. The molecule has 17 heavy (non-hydrogen) atoms. The van der Waals surface area contributed by atoms with Crippen LogP contribution in [0.15, 0.2) is 0 Å². The molecule has 0 fully saturated rings. The first-order chi connectivity index (χ1) is 7.82. The second-order valence-electron chi connectivity index (χ2n) is 5.42. The van der Waals surface area contributed by atoms with E-state index < -0.39 is 0 Å². The van der Waals surface area contributed by atoms with Crippen LogP contribution in [0.2, 0.25) is 0 Å². The minimum atomic E-state index is -0.240. The standard InChI is InChI=1S/C13H28N2O2/c1-6-7-10(2)14-12(17)11(3)15-13(4,5)8-9-16/h10-11,15-16H,6-9H2,1-5H3,(H,14,17). The highest BCUT2D eigenvalue weighted by molar-refractivity contribution is 5.81. The maximum absolute atomic E-state index is 11.9. The molecule has 0 radical (unpaired) electrons. The summed E-state index contributed by atoms with van der Waals surface area (Å²) in [6.45, 7) is 10.1. The average Bonchev–Trinajstić information content (AvgIpc) is 2.16. The number of rotatable bonds is 8. The summed E-state index contributed by atoms with van der Waals surface area (Å²) in [7, 11) is 0. The summed E-state index contributed by atoms with van der Waals surface area (Å²) < 4.78 is 0. The van der Waals surface area contributed by atoms with Crippen molar-refractivity contribution in [1.82, 2.24) is 10.6 Å². The molecule has 0 aromatic carbocycles. The molecule has 0 heterocycles. The summed E-state index contributed by atoms with van der Waals surface area (Å²) in [6.07, 6.45) is 2.70. The Bertz CT molecular complexity index is 229. The van der Waals surface area contributed by atoms with Crippen LogP contribution in [0.25, 0.3) is 0 Å². The van der Waals surface area contributed by atoms with Crippen LogP contribution < -0.4 is 10.6 Å². The molecule has 4 nitrogen and oxygen atoms in total. The highest BCUT2D eigenvalue weighted by atomic mass is 16.3. The zero-order valence-electron chi connectivity index (χ0n) is 11.8. The Labute approximate surface area is 105 Å². The lowest BCUT2D eigenvalue weighted by Crippen LogP contribution is -2.53. The van der Waals surface area contributed by atoms with Crippen molar-refractivity contribution in [1.29, 1.82) is 0 Å². The first-order valence-electron chi connectivity index (χ1n) is 6.51. The molecule has 0 rings (SSSR count). The Kier molecular flexibility index (Phi) is 7.39. The Morgan fingerprint density at radius 1 is 1.35 bits per heavy atom. The second-order valence-corrected chi connectivity index (χ2v) is 5.42. The van der Waals surface area contributed by atoms with Gasteiger partial charge in [-0.15, -0.1) is 0 Å². The van der Waals surface area contributed by atoms with E-state index in [4.69, 9.17) is 5.11 Å². The molecule has 0 aliphatic rings. The molecule has 1 amide bonds. The lowest BCUT2D eigenvalue weighted by molar-refractivity contribution is -0.123. The van der Waals surface area contributed by atoms with Crippen LogP contribution in [0.3, 0.4) is 0 Å². The van der Waals surface area contributed by atoms with Gasteiger partial charge in [0.15, 0.2) is 0 Å². The van der Waals surface area contributed by atoms with Crippen LogP contribution in [0.4, 0.5) is 0 Å². The zero-order valence-corrected chi connectivity index (χ0v) is 11.8. The normalized spacial score (nSPS) is 15.4. The molecule has 0 aliphatic heterocycles. The van der Waals surface area contributed by atoms with Crippen molar-refractivity contribution >= 4 is 5.91 Å². The largest absolute Gasteiger partial charge is 0.396 e. The van der Waals surface area contributed by atoms with Crippen molar-refractivity contribution in [2.75, 3.05) is 6.61 Å². The quantitative estimate of drug-likeness (QED) is 0.605. The molecule has 0 aromatic heterocycles. The Morgan fingerprint density at radius 2 is 1.94 bits per heavy atom. The molecule has 0 aromatic rings. The van der Waals surface area contributed by atoms with Gasteiger partial charge in [-0.2, -0.15) is 0 Å². The first-order valence-corrected chi connectivity index (χ1v) is 6.51. The Morgan fingerprint density at radius 3 is 2.41 bits per heavy atom. The van der Waals surface area contributed by atoms with Crippen LogP contribution in [0.5, 0.6) is 0 Å². The minimum absolute atomic E-state index is 0.0250. The van der Waals surface area contributed by atoms with Crippen molar-refractivity contribution in [3.63, 3.8) is 0 Å². The van der Waals surface area contributed by atoms with Crippen molar-refractivity contribution < 1.29 is 9.90 Å².